The molecule has 10 heavy (non-hydrogen) atoms. The summed E-state index contributed by atoms with van der Waals surface area (Å²) in [4.78, 5) is 11.2. The maximum atomic E-state index is 11.2. The van der Waals surface area contributed by atoms with Crippen LogP contribution in [0.4, 0.5) is 0 Å². The molecule has 2 N–H and O–H groups in total. The van der Waals surface area contributed by atoms with Crippen molar-refractivity contribution in [1.29, 1.82) is 0 Å². The maximum absolute atomic E-state index is 11.2. The summed E-state index contributed by atoms with van der Waals surface area (Å²) >= 11 is 0. The van der Waals surface area contributed by atoms with Crippen molar-refractivity contribution in [1.82, 2.24) is 0 Å². The third-order valence-electron chi connectivity index (χ3n) is 2.28. The molecule has 1 rings (SSSR count). The first-order valence-electron chi connectivity index (χ1n) is 3.92. The summed E-state index contributed by atoms with van der Waals surface area (Å²) in [6, 6.07) is 0. The Labute approximate surface area is 61.8 Å². The van der Waals surface area contributed by atoms with Crippen molar-refractivity contribution in [3.63, 3.8) is 0 Å². The zero-order valence-electron chi connectivity index (χ0n) is 6.52. The first-order valence-corrected chi connectivity index (χ1v) is 3.92. The van der Waals surface area contributed by atoms with Gasteiger partial charge in [0.1, 0.15) is 5.78 Å². The second kappa shape index (κ2) is 2.70. The lowest BCUT2D eigenvalue weighted by Crippen LogP contribution is -2.13. The number of Topliss-reactive ketones (excluding diaryl/α,β-unsaturated/α-hetero) is 1. The van der Waals surface area contributed by atoms with Gasteiger partial charge < -0.3 is 5.73 Å². The van der Waals surface area contributed by atoms with Crippen molar-refractivity contribution in [2.75, 3.05) is 6.54 Å². The first kappa shape index (κ1) is 7.73. The molecule has 0 atom stereocenters. The van der Waals surface area contributed by atoms with Gasteiger partial charge in [-0.2, -0.15) is 0 Å². The molecule has 0 spiro atoms. The molecule has 1 fully saturated rings. The smallest absolute Gasteiger partial charge is 0.138 e. The van der Waals surface area contributed by atoms with Crippen molar-refractivity contribution in [2.24, 2.45) is 11.1 Å². The predicted molar refractivity (Wildman–Crippen MR) is 40.6 cm³/mol. The summed E-state index contributed by atoms with van der Waals surface area (Å²) < 4.78 is 0. The van der Waals surface area contributed by atoms with Crippen LogP contribution in [0.25, 0.3) is 0 Å². The van der Waals surface area contributed by atoms with Gasteiger partial charge in [0.05, 0.1) is 0 Å². The van der Waals surface area contributed by atoms with Crippen LogP contribution in [0.15, 0.2) is 0 Å². The SMILES string of the molecule is CC1(C(=O)CCCN)CC1. The molecular formula is C8H15NO. The van der Waals surface area contributed by atoms with E-state index in [-0.39, 0.29) is 5.41 Å². The first-order chi connectivity index (χ1) is 4.69. The van der Waals surface area contributed by atoms with Crippen LogP contribution < -0.4 is 5.73 Å². The summed E-state index contributed by atoms with van der Waals surface area (Å²) in [6.07, 6.45) is 3.73. The highest BCUT2D eigenvalue weighted by molar-refractivity contribution is 5.86. The lowest BCUT2D eigenvalue weighted by Gasteiger charge is -2.04. The van der Waals surface area contributed by atoms with Gasteiger partial charge in [-0.3, -0.25) is 4.79 Å². The van der Waals surface area contributed by atoms with Crippen LogP contribution >= 0.6 is 0 Å². The van der Waals surface area contributed by atoms with Gasteiger partial charge in [0, 0.05) is 11.8 Å². The van der Waals surface area contributed by atoms with E-state index in [4.69, 9.17) is 5.73 Å². The average molecular weight is 141 g/mol. The fraction of sp³-hybridized carbons (Fsp3) is 0.875. The van der Waals surface area contributed by atoms with Crippen LogP contribution in [0.3, 0.4) is 0 Å². The van der Waals surface area contributed by atoms with Crippen LogP contribution in [0.2, 0.25) is 0 Å². The van der Waals surface area contributed by atoms with E-state index in [9.17, 15) is 4.79 Å². The predicted octanol–water partition coefficient (Wildman–Crippen LogP) is 1.09. The normalized spacial score (nSPS) is 20.6. The van der Waals surface area contributed by atoms with Gasteiger partial charge in [-0.1, -0.05) is 6.92 Å². The molecule has 0 amide bonds. The molecule has 0 saturated heterocycles. The second-order valence-electron chi connectivity index (χ2n) is 3.38. The molecule has 2 nitrogen and oxygen atoms in total. The standard InChI is InChI=1S/C8H15NO/c1-8(4-5-8)7(10)3-2-6-9/h2-6,9H2,1H3. The molecule has 1 aliphatic carbocycles. The van der Waals surface area contributed by atoms with Gasteiger partial charge in [-0.05, 0) is 25.8 Å². The molecule has 58 valence electrons. The molecule has 2 heteroatoms. The maximum Gasteiger partial charge on any atom is 0.138 e. The van der Waals surface area contributed by atoms with Crippen LogP contribution in [0.1, 0.15) is 32.6 Å². The topological polar surface area (TPSA) is 43.1 Å². The molecule has 0 aromatic carbocycles. The van der Waals surface area contributed by atoms with Crippen LogP contribution in [0.5, 0.6) is 0 Å². The molecule has 0 heterocycles. The number of ketones is 1. The summed E-state index contributed by atoms with van der Waals surface area (Å²) in [5, 5.41) is 0. The summed E-state index contributed by atoms with van der Waals surface area (Å²) in [6.45, 7) is 2.69. The van der Waals surface area contributed by atoms with Crippen molar-refractivity contribution < 1.29 is 4.79 Å². The molecule has 0 aromatic heterocycles. The Morgan fingerprint density at radius 2 is 2.20 bits per heavy atom. The molecule has 1 aliphatic rings. The van der Waals surface area contributed by atoms with Crippen LogP contribution in [0, 0.1) is 5.41 Å². The zero-order chi connectivity index (χ0) is 7.61. The second-order valence-corrected chi connectivity index (χ2v) is 3.38. The van der Waals surface area contributed by atoms with Crippen LogP contribution in [-0.4, -0.2) is 12.3 Å². The van der Waals surface area contributed by atoms with E-state index in [0.29, 0.717) is 18.7 Å². The lowest BCUT2D eigenvalue weighted by molar-refractivity contribution is -0.123. The third-order valence-corrected chi connectivity index (χ3v) is 2.28. The van der Waals surface area contributed by atoms with Gasteiger partial charge in [0.25, 0.3) is 0 Å². The number of carbonyl (C=O) groups excluding carboxylic acids is 1. The lowest BCUT2D eigenvalue weighted by atomic mass is 10.00. The molecule has 0 radical (unpaired) electrons. The van der Waals surface area contributed by atoms with Gasteiger partial charge in [0.2, 0.25) is 0 Å². The van der Waals surface area contributed by atoms with E-state index in [2.05, 4.69) is 0 Å². The van der Waals surface area contributed by atoms with E-state index in [1.807, 2.05) is 6.92 Å². The Bertz CT molecular complexity index is 138. The van der Waals surface area contributed by atoms with Crippen molar-refractivity contribution in [3.05, 3.63) is 0 Å². The molecule has 1 saturated carbocycles. The quantitative estimate of drug-likeness (QED) is 0.637. The van der Waals surface area contributed by atoms with E-state index >= 15 is 0 Å². The summed E-state index contributed by atoms with van der Waals surface area (Å²) in [5.74, 6) is 0.415. The van der Waals surface area contributed by atoms with Gasteiger partial charge in [-0.25, -0.2) is 0 Å². The Hall–Kier alpha value is -0.370. The Morgan fingerprint density at radius 3 is 2.60 bits per heavy atom. The largest absolute Gasteiger partial charge is 0.330 e. The van der Waals surface area contributed by atoms with E-state index in [1.165, 1.54) is 0 Å². The molecule has 0 aliphatic heterocycles. The monoisotopic (exact) mass is 141 g/mol. The van der Waals surface area contributed by atoms with Gasteiger partial charge in [-0.15, -0.1) is 0 Å². The highest BCUT2D eigenvalue weighted by atomic mass is 16.1. The highest BCUT2D eigenvalue weighted by Crippen LogP contribution is 2.46. The highest BCUT2D eigenvalue weighted by Gasteiger charge is 2.43. The number of carbonyl (C=O) groups is 1. The van der Waals surface area contributed by atoms with Crippen molar-refractivity contribution >= 4 is 5.78 Å². The average Bonchev–Trinajstić information content (AvgIpc) is 2.64. The minimum Gasteiger partial charge on any atom is -0.330 e. The Morgan fingerprint density at radius 1 is 1.60 bits per heavy atom. The van der Waals surface area contributed by atoms with Crippen molar-refractivity contribution in [2.45, 2.75) is 32.6 Å². The molecule has 0 unspecified atom stereocenters. The molecular weight excluding hydrogens is 126 g/mol. The fourth-order valence-electron chi connectivity index (χ4n) is 1.03. The van der Waals surface area contributed by atoms with E-state index in [1.54, 1.807) is 0 Å². The number of nitrogens with two attached hydrogens (primary N) is 1. The van der Waals surface area contributed by atoms with Crippen LogP contribution in [-0.2, 0) is 4.79 Å². The molecule has 0 bridgehead atoms. The minimum atomic E-state index is 0.0647. The fourth-order valence-corrected chi connectivity index (χ4v) is 1.03. The third kappa shape index (κ3) is 1.57. The number of hydrogen-bond donors (Lipinski definition) is 1. The number of rotatable bonds is 4. The minimum absolute atomic E-state index is 0.0647. The van der Waals surface area contributed by atoms with Crippen molar-refractivity contribution in [3.8, 4) is 0 Å². The van der Waals surface area contributed by atoms with Gasteiger partial charge >= 0.3 is 0 Å². The molecule has 0 aromatic rings. The van der Waals surface area contributed by atoms with E-state index in [0.717, 1.165) is 19.3 Å². The summed E-state index contributed by atoms with van der Waals surface area (Å²) in [7, 11) is 0. The van der Waals surface area contributed by atoms with E-state index < -0.39 is 0 Å². The van der Waals surface area contributed by atoms with Gasteiger partial charge in [0.15, 0.2) is 0 Å². The Kier molecular flexibility index (Phi) is 2.09. The Balaban J connectivity index is 2.22. The number of hydrogen-bond acceptors (Lipinski definition) is 2. The zero-order valence-corrected chi connectivity index (χ0v) is 6.52. The summed E-state index contributed by atoms with van der Waals surface area (Å²) in [5.41, 5.74) is 5.35.